The Labute approximate surface area is 161 Å². The number of nitrogens with one attached hydrogen (secondary N) is 1. The summed E-state index contributed by atoms with van der Waals surface area (Å²) < 4.78 is 32.3. The fourth-order valence-electron chi connectivity index (χ4n) is 2.84. The fraction of sp³-hybridized carbons (Fsp3) is 0.353. The van der Waals surface area contributed by atoms with Crippen molar-refractivity contribution in [2.24, 2.45) is 0 Å². The lowest BCUT2D eigenvalue weighted by molar-refractivity contribution is 0.102. The van der Waals surface area contributed by atoms with Crippen molar-refractivity contribution in [3.8, 4) is 5.75 Å². The number of methoxy groups -OCH3 is 1. The van der Waals surface area contributed by atoms with Gasteiger partial charge in [0.25, 0.3) is 5.91 Å². The summed E-state index contributed by atoms with van der Waals surface area (Å²) in [5, 5.41) is 4.68. The van der Waals surface area contributed by atoms with E-state index in [-0.39, 0.29) is 9.77 Å². The predicted molar refractivity (Wildman–Crippen MR) is 103 cm³/mol. The van der Waals surface area contributed by atoms with Crippen LogP contribution in [0.3, 0.4) is 0 Å². The van der Waals surface area contributed by atoms with Gasteiger partial charge in [0.05, 0.1) is 12.1 Å². The van der Waals surface area contributed by atoms with E-state index >= 15 is 0 Å². The molecule has 6 nitrogen and oxygen atoms in total. The highest BCUT2D eigenvalue weighted by Gasteiger charge is 2.31. The first-order chi connectivity index (χ1) is 12.4. The number of carbonyl (C=O) groups excluding carboxylic acids is 1. The largest absolute Gasteiger partial charge is 0.495 e. The van der Waals surface area contributed by atoms with Crippen molar-refractivity contribution in [3.63, 3.8) is 0 Å². The van der Waals surface area contributed by atoms with E-state index in [1.807, 2.05) is 0 Å². The number of sulfonamides is 1. The highest BCUT2D eigenvalue weighted by atomic mass is 35.5. The first-order valence-corrected chi connectivity index (χ1v) is 10.9. The summed E-state index contributed by atoms with van der Waals surface area (Å²) in [6, 6.07) is 6.34. The first kappa shape index (κ1) is 19.2. The number of ether oxygens (including phenoxy) is 1. The summed E-state index contributed by atoms with van der Waals surface area (Å²) in [4.78, 5) is 12.9. The zero-order valence-corrected chi connectivity index (χ0v) is 16.6. The molecule has 1 aliphatic heterocycles. The minimum Gasteiger partial charge on any atom is -0.495 e. The van der Waals surface area contributed by atoms with Gasteiger partial charge >= 0.3 is 0 Å². The van der Waals surface area contributed by atoms with Crippen LogP contribution in [0.4, 0.5) is 5.69 Å². The van der Waals surface area contributed by atoms with Crippen molar-refractivity contribution in [2.45, 2.75) is 24.2 Å². The van der Waals surface area contributed by atoms with Gasteiger partial charge in [-0.15, -0.1) is 11.3 Å². The van der Waals surface area contributed by atoms with E-state index in [0.29, 0.717) is 29.5 Å². The van der Waals surface area contributed by atoms with Crippen LogP contribution in [0.25, 0.3) is 0 Å². The van der Waals surface area contributed by atoms with Crippen molar-refractivity contribution in [1.29, 1.82) is 0 Å². The lowest BCUT2D eigenvalue weighted by Crippen LogP contribution is -2.36. The normalized spacial score (nSPS) is 15.6. The van der Waals surface area contributed by atoms with Gasteiger partial charge in [0.1, 0.15) is 15.5 Å². The van der Waals surface area contributed by atoms with Gasteiger partial charge in [-0.2, -0.15) is 4.31 Å². The summed E-state index contributed by atoms with van der Waals surface area (Å²) in [7, 11) is -2.17. The van der Waals surface area contributed by atoms with Crippen LogP contribution in [-0.4, -0.2) is 38.8 Å². The zero-order chi connectivity index (χ0) is 18.7. The molecule has 0 bridgehead atoms. The number of piperidine rings is 1. The Bertz CT molecular complexity index is 905. The van der Waals surface area contributed by atoms with Crippen LogP contribution in [0.1, 0.15) is 28.9 Å². The van der Waals surface area contributed by atoms with Gasteiger partial charge in [0, 0.05) is 18.8 Å². The maximum atomic E-state index is 12.9. The summed E-state index contributed by atoms with van der Waals surface area (Å²) in [6.45, 7) is 0.987. The highest BCUT2D eigenvalue weighted by Crippen LogP contribution is 2.30. The van der Waals surface area contributed by atoms with Crippen LogP contribution in [0.5, 0.6) is 5.75 Å². The average Bonchev–Trinajstić information content (AvgIpc) is 3.13. The van der Waals surface area contributed by atoms with Gasteiger partial charge < -0.3 is 10.1 Å². The average molecular weight is 415 g/mol. The van der Waals surface area contributed by atoms with Crippen LogP contribution in [-0.2, 0) is 10.0 Å². The molecule has 2 aromatic rings. The molecule has 1 aromatic heterocycles. The second-order valence-corrected chi connectivity index (χ2v) is 9.11. The molecule has 1 N–H and O–H groups in total. The molecule has 0 aliphatic carbocycles. The van der Waals surface area contributed by atoms with Crippen LogP contribution >= 0.6 is 22.9 Å². The monoisotopic (exact) mass is 414 g/mol. The predicted octanol–water partition coefficient (Wildman–Crippen LogP) is 3.84. The minimum atomic E-state index is -3.67. The third-order valence-corrected chi connectivity index (χ3v) is 7.46. The molecule has 0 radical (unpaired) electrons. The fourth-order valence-corrected chi connectivity index (χ4v) is 5.91. The maximum Gasteiger partial charge on any atom is 0.267 e. The van der Waals surface area contributed by atoms with E-state index < -0.39 is 15.9 Å². The van der Waals surface area contributed by atoms with E-state index in [1.54, 1.807) is 23.6 Å². The molecule has 3 rings (SSSR count). The lowest BCUT2D eigenvalue weighted by Gasteiger charge is -2.25. The molecule has 140 valence electrons. The number of carbonyl (C=O) groups is 1. The number of halogens is 1. The van der Waals surface area contributed by atoms with Crippen molar-refractivity contribution in [2.75, 3.05) is 25.5 Å². The molecule has 1 aliphatic rings. The first-order valence-electron chi connectivity index (χ1n) is 8.16. The molecule has 1 saturated heterocycles. The van der Waals surface area contributed by atoms with E-state index in [2.05, 4.69) is 5.32 Å². The molecule has 1 amide bonds. The summed E-state index contributed by atoms with van der Waals surface area (Å²) in [5.41, 5.74) is 0.468. The molecule has 9 heteroatoms. The molecule has 0 spiro atoms. The molecule has 0 saturated carbocycles. The van der Waals surface area contributed by atoms with Gasteiger partial charge in [-0.1, -0.05) is 18.0 Å². The summed E-state index contributed by atoms with van der Waals surface area (Å²) >= 11 is 7.17. The van der Waals surface area contributed by atoms with Gasteiger partial charge in [-0.25, -0.2) is 8.42 Å². The van der Waals surface area contributed by atoms with Crippen LogP contribution < -0.4 is 10.1 Å². The standard InChI is InChI=1S/C17H19ClN2O4S2/c1-24-14-6-5-12(11-13(14)18)19-17(21)16-15(7-10-25-16)26(22,23)20-8-3-2-4-9-20/h5-7,10-11H,2-4,8-9H2,1H3,(H,19,21). The Morgan fingerprint density at radius 3 is 2.62 bits per heavy atom. The van der Waals surface area contributed by atoms with E-state index in [1.165, 1.54) is 17.5 Å². The number of thiophene rings is 1. The van der Waals surface area contributed by atoms with Crippen molar-refractivity contribution in [1.82, 2.24) is 4.31 Å². The quantitative estimate of drug-likeness (QED) is 0.806. The van der Waals surface area contributed by atoms with Crippen LogP contribution in [0.2, 0.25) is 5.02 Å². The topological polar surface area (TPSA) is 75.7 Å². The van der Waals surface area contributed by atoms with E-state index in [9.17, 15) is 13.2 Å². The molecule has 2 heterocycles. The van der Waals surface area contributed by atoms with Crippen molar-refractivity contribution >= 4 is 44.6 Å². The number of rotatable bonds is 5. The second kappa shape index (κ2) is 7.96. The third kappa shape index (κ3) is 3.88. The molecule has 1 fully saturated rings. The molecule has 0 atom stereocenters. The minimum absolute atomic E-state index is 0.0570. The number of benzene rings is 1. The van der Waals surface area contributed by atoms with E-state index in [4.69, 9.17) is 16.3 Å². The number of anilines is 1. The zero-order valence-electron chi connectivity index (χ0n) is 14.2. The molecular formula is C17H19ClN2O4S2. The van der Waals surface area contributed by atoms with E-state index in [0.717, 1.165) is 30.6 Å². The van der Waals surface area contributed by atoms with Gasteiger partial charge in [-0.3, -0.25) is 4.79 Å². The Morgan fingerprint density at radius 1 is 1.23 bits per heavy atom. The molecule has 26 heavy (non-hydrogen) atoms. The summed E-state index contributed by atoms with van der Waals surface area (Å²) in [6.07, 6.45) is 2.71. The second-order valence-electron chi connectivity index (χ2n) is 5.88. The number of amides is 1. The molecule has 1 aromatic carbocycles. The Kier molecular flexibility index (Phi) is 5.86. The van der Waals surface area contributed by atoms with Crippen LogP contribution in [0.15, 0.2) is 34.5 Å². The third-order valence-electron chi connectivity index (χ3n) is 4.18. The highest BCUT2D eigenvalue weighted by molar-refractivity contribution is 7.89. The SMILES string of the molecule is COc1ccc(NC(=O)c2sccc2S(=O)(=O)N2CCCCC2)cc1Cl. The molecular weight excluding hydrogens is 396 g/mol. The lowest BCUT2D eigenvalue weighted by atomic mass is 10.2. The smallest absolute Gasteiger partial charge is 0.267 e. The Hall–Kier alpha value is -1.61. The van der Waals surface area contributed by atoms with Crippen LogP contribution in [0, 0.1) is 0 Å². The van der Waals surface area contributed by atoms with Crippen molar-refractivity contribution < 1.29 is 17.9 Å². The summed E-state index contributed by atoms with van der Waals surface area (Å²) in [5.74, 6) is 0.0194. The number of nitrogens with zero attached hydrogens (tertiary/aromatic N) is 1. The number of hydrogen-bond donors (Lipinski definition) is 1. The maximum absolute atomic E-state index is 12.9. The van der Waals surface area contributed by atoms with Gasteiger partial charge in [-0.05, 0) is 42.5 Å². The Balaban J connectivity index is 1.83. The Morgan fingerprint density at radius 2 is 1.96 bits per heavy atom. The van der Waals surface area contributed by atoms with Gasteiger partial charge in [0.15, 0.2) is 0 Å². The van der Waals surface area contributed by atoms with Crippen molar-refractivity contribution in [3.05, 3.63) is 39.5 Å². The van der Waals surface area contributed by atoms with Gasteiger partial charge in [0.2, 0.25) is 10.0 Å². The molecule has 0 unspecified atom stereocenters. The number of hydrogen-bond acceptors (Lipinski definition) is 5.